The number of hydrogen-bond donors (Lipinski definition) is 1. The van der Waals surface area contributed by atoms with Gasteiger partial charge < -0.3 is 5.11 Å². The summed E-state index contributed by atoms with van der Waals surface area (Å²) in [5.74, 6) is -0.638. The van der Waals surface area contributed by atoms with Crippen LogP contribution in [0.5, 0.6) is 0 Å². The minimum absolute atomic E-state index is 0.125. The van der Waals surface area contributed by atoms with Gasteiger partial charge >= 0.3 is 5.97 Å². The monoisotopic (exact) mass is 198 g/mol. The smallest absolute Gasteiger partial charge is 0.303 e. The van der Waals surface area contributed by atoms with Gasteiger partial charge in [0.25, 0.3) is 0 Å². The molecule has 0 saturated heterocycles. The lowest BCUT2D eigenvalue weighted by Gasteiger charge is -2.14. The fourth-order valence-corrected chi connectivity index (χ4v) is 0.821. The van der Waals surface area contributed by atoms with Crippen molar-refractivity contribution in [2.45, 2.75) is 40.0 Å². The number of rotatable bonds is 5. The maximum atomic E-state index is 11.4. The third kappa shape index (κ3) is 6.40. The number of hydrogen-bond acceptors (Lipinski definition) is 2. The minimum atomic E-state index is -0.809. The summed E-state index contributed by atoms with van der Waals surface area (Å²) in [5, 5.41) is 8.35. The van der Waals surface area contributed by atoms with Gasteiger partial charge in [0.2, 0.25) is 0 Å². The number of ketones is 1. The van der Waals surface area contributed by atoms with E-state index in [0.29, 0.717) is 12.8 Å². The van der Waals surface area contributed by atoms with E-state index in [0.717, 1.165) is 0 Å². The summed E-state index contributed by atoms with van der Waals surface area (Å²) >= 11 is 0. The van der Waals surface area contributed by atoms with E-state index in [4.69, 9.17) is 5.11 Å². The summed E-state index contributed by atoms with van der Waals surface area (Å²) in [4.78, 5) is 21.5. The zero-order valence-electron chi connectivity index (χ0n) is 9.04. The van der Waals surface area contributed by atoms with Crippen molar-refractivity contribution in [2.75, 3.05) is 0 Å². The average molecular weight is 198 g/mol. The molecule has 0 aliphatic heterocycles. The van der Waals surface area contributed by atoms with E-state index in [1.165, 1.54) is 0 Å². The Morgan fingerprint density at radius 3 is 2.21 bits per heavy atom. The van der Waals surface area contributed by atoms with Crippen LogP contribution in [0.4, 0.5) is 0 Å². The topological polar surface area (TPSA) is 54.4 Å². The number of carbonyl (C=O) groups is 2. The first-order valence-corrected chi connectivity index (χ1v) is 4.74. The van der Waals surface area contributed by atoms with Crippen LogP contribution in [0.1, 0.15) is 40.0 Å². The molecule has 1 N–H and O–H groups in total. The summed E-state index contributed by atoms with van der Waals surface area (Å²) in [6.45, 7) is 5.63. The maximum absolute atomic E-state index is 11.4. The lowest BCUT2D eigenvalue weighted by atomic mass is 9.89. The molecule has 0 amide bonds. The normalized spacial score (nSPS) is 11.9. The quantitative estimate of drug-likeness (QED) is 0.690. The first-order valence-electron chi connectivity index (χ1n) is 4.74. The summed E-state index contributed by atoms with van der Waals surface area (Å²) in [6.07, 6.45) is 4.50. The number of allylic oxidation sites excluding steroid dienone is 2. The van der Waals surface area contributed by atoms with Gasteiger partial charge in [0.05, 0.1) is 0 Å². The van der Waals surface area contributed by atoms with Gasteiger partial charge in [0.15, 0.2) is 0 Å². The van der Waals surface area contributed by atoms with Crippen LogP contribution in [0.15, 0.2) is 12.2 Å². The highest BCUT2D eigenvalue weighted by Crippen LogP contribution is 2.16. The molecule has 3 nitrogen and oxygen atoms in total. The Bertz CT molecular complexity index is 233. The second kappa shape index (κ2) is 5.58. The summed E-state index contributed by atoms with van der Waals surface area (Å²) in [6, 6.07) is 0. The van der Waals surface area contributed by atoms with Gasteiger partial charge in [-0.15, -0.1) is 0 Å². The van der Waals surface area contributed by atoms with Crippen LogP contribution < -0.4 is 0 Å². The second-order valence-corrected chi connectivity index (χ2v) is 4.28. The fourth-order valence-electron chi connectivity index (χ4n) is 0.821. The third-order valence-corrected chi connectivity index (χ3v) is 1.83. The van der Waals surface area contributed by atoms with Crippen LogP contribution in [0, 0.1) is 5.41 Å². The SMILES string of the molecule is CC(C)(C)C(=O)C/C=C/CCC(=O)O. The van der Waals surface area contributed by atoms with Gasteiger partial charge in [-0.25, -0.2) is 0 Å². The van der Waals surface area contributed by atoms with Crippen LogP contribution in [-0.4, -0.2) is 16.9 Å². The van der Waals surface area contributed by atoms with Crippen molar-refractivity contribution < 1.29 is 14.7 Å². The Morgan fingerprint density at radius 2 is 1.79 bits per heavy atom. The Hall–Kier alpha value is -1.12. The first-order chi connectivity index (χ1) is 6.34. The van der Waals surface area contributed by atoms with E-state index in [1.807, 2.05) is 20.8 Å². The van der Waals surface area contributed by atoms with Gasteiger partial charge in [0.1, 0.15) is 5.78 Å². The zero-order valence-corrected chi connectivity index (χ0v) is 9.04. The molecular formula is C11H18O3. The van der Waals surface area contributed by atoms with E-state index < -0.39 is 5.97 Å². The van der Waals surface area contributed by atoms with Crippen LogP contribution in [-0.2, 0) is 9.59 Å². The molecular weight excluding hydrogens is 180 g/mol. The predicted molar refractivity (Wildman–Crippen MR) is 55.1 cm³/mol. The van der Waals surface area contributed by atoms with Crippen molar-refractivity contribution >= 4 is 11.8 Å². The van der Waals surface area contributed by atoms with Crippen molar-refractivity contribution in [3.8, 4) is 0 Å². The van der Waals surface area contributed by atoms with Crippen molar-refractivity contribution in [1.29, 1.82) is 0 Å². The highest BCUT2D eigenvalue weighted by molar-refractivity contribution is 5.84. The van der Waals surface area contributed by atoms with Gasteiger partial charge in [-0.1, -0.05) is 32.9 Å². The first kappa shape index (κ1) is 12.9. The van der Waals surface area contributed by atoms with Crippen LogP contribution in [0.2, 0.25) is 0 Å². The third-order valence-electron chi connectivity index (χ3n) is 1.83. The highest BCUT2D eigenvalue weighted by atomic mass is 16.4. The zero-order chi connectivity index (χ0) is 11.2. The summed E-state index contributed by atoms with van der Waals surface area (Å²) in [7, 11) is 0. The Balaban J connectivity index is 3.73. The molecule has 0 aliphatic carbocycles. The van der Waals surface area contributed by atoms with Crippen LogP contribution in [0.3, 0.4) is 0 Å². The van der Waals surface area contributed by atoms with Crippen molar-refractivity contribution in [3.05, 3.63) is 12.2 Å². The molecule has 3 heteroatoms. The van der Waals surface area contributed by atoms with E-state index in [9.17, 15) is 9.59 Å². The number of carboxylic acid groups (broad SMARTS) is 1. The molecule has 0 aromatic heterocycles. The Kier molecular flexibility index (Phi) is 5.13. The summed E-state index contributed by atoms with van der Waals surface area (Å²) < 4.78 is 0. The number of Topliss-reactive ketones (excluding diaryl/α,β-unsaturated/α-hetero) is 1. The molecule has 0 spiro atoms. The van der Waals surface area contributed by atoms with Gasteiger partial charge in [-0.05, 0) is 6.42 Å². The molecule has 0 aliphatic rings. The lowest BCUT2D eigenvalue weighted by Crippen LogP contribution is -2.18. The molecule has 0 fully saturated rings. The van der Waals surface area contributed by atoms with Crippen molar-refractivity contribution in [1.82, 2.24) is 0 Å². The second-order valence-electron chi connectivity index (χ2n) is 4.28. The number of carbonyl (C=O) groups excluding carboxylic acids is 1. The van der Waals surface area contributed by atoms with Crippen LogP contribution >= 0.6 is 0 Å². The molecule has 0 aromatic carbocycles. The molecule has 0 heterocycles. The van der Waals surface area contributed by atoms with Crippen LogP contribution in [0.25, 0.3) is 0 Å². The number of aliphatic carboxylic acids is 1. The molecule has 14 heavy (non-hydrogen) atoms. The predicted octanol–water partition coefficient (Wildman–Crippen LogP) is 2.41. The van der Waals surface area contributed by atoms with E-state index >= 15 is 0 Å². The average Bonchev–Trinajstić information content (AvgIpc) is 2.01. The van der Waals surface area contributed by atoms with E-state index in [2.05, 4.69) is 0 Å². The molecule has 0 radical (unpaired) electrons. The van der Waals surface area contributed by atoms with Crippen molar-refractivity contribution in [3.63, 3.8) is 0 Å². The lowest BCUT2D eigenvalue weighted by molar-refractivity contribution is -0.136. The van der Waals surface area contributed by atoms with Crippen molar-refractivity contribution in [2.24, 2.45) is 5.41 Å². The molecule has 0 aromatic rings. The fraction of sp³-hybridized carbons (Fsp3) is 0.636. The molecule has 0 bridgehead atoms. The standard InChI is InChI=1S/C11H18O3/c1-11(2,3)9(12)7-5-4-6-8-10(13)14/h4-5H,6-8H2,1-3H3,(H,13,14)/b5-4+. The van der Waals surface area contributed by atoms with E-state index in [-0.39, 0.29) is 17.6 Å². The minimum Gasteiger partial charge on any atom is -0.481 e. The van der Waals surface area contributed by atoms with Gasteiger partial charge in [0, 0.05) is 18.3 Å². The largest absolute Gasteiger partial charge is 0.481 e. The molecule has 0 atom stereocenters. The number of carboxylic acids is 1. The Morgan fingerprint density at radius 1 is 1.21 bits per heavy atom. The van der Waals surface area contributed by atoms with Gasteiger partial charge in [-0.2, -0.15) is 0 Å². The Labute approximate surface area is 84.8 Å². The summed E-state index contributed by atoms with van der Waals surface area (Å²) in [5.41, 5.74) is -0.308. The molecule has 0 saturated carbocycles. The molecule has 0 unspecified atom stereocenters. The maximum Gasteiger partial charge on any atom is 0.303 e. The highest BCUT2D eigenvalue weighted by Gasteiger charge is 2.18. The molecule has 0 rings (SSSR count). The van der Waals surface area contributed by atoms with Gasteiger partial charge in [-0.3, -0.25) is 9.59 Å². The van der Waals surface area contributed by atoms with E-state index in [1.54, 1.807) is 12.2 Å². The molecule has 80 valence electrons.